The van der Waals surface area contributed by atoms with Crippen molar-refractivity contribution in [1.29, 1.82) is 0 Å². The number of rotatable bonds is 7. The van der Waals surface area contributed by atoms with Gasteiger partial charge in [0.1, 0.15) is 5.76 Å². The third kappa shape index (κ3) is 4.92. The van der Waals surface area contributed by atoms with Gasteiger partial charge in [-0.1, -0.05) is 30.3 Å². The maximum atomic E-state index is 13.4. The Morgan fingerprint density at radius 2 is 1.81 bits per heavy atom. The van der Waals surface area contributed by atoms with Crippen LogP contribution in [0.15, 0.2) is 104 Å². The second-order valence-corrected chi connectivity index (χ2v) is 9.99. The number of aliphatic imine (C=N–C) groups is 1. The molecule has 10 heteroatoms. The number of aryl methyl sites for hydroxylation is 1. The van der Waals surface area contributed by atoms with Gasteiger partial charge in [0.15, 0.2) is 5.82 Å². The van der Waals surface area contributed by atoms with Gasteiger partial charge in [-0.15, -0.1) is 0 Å². The van der Waals surface area contributed by atoms with E-state index in [9.17, 15) is 18.3 Å². The summed E-state index contributed by atoms with van der Waals surface area (Å²) >= 11 is 0. The first-order valence-electron chi connectivity index (χ1n) is 11.3. The van der Waals surface area contributed by atoms with E-state index in [4.69, 9.17) is 4.42 Å². The molecular weight excluding hydrogens is 492 g/mol. The number of benzene rings is 2. The second kappa shape index (κ2) is 9.84. The summed E-state index contributed by atoms with van der Waals surface area (Å²) in [6, 6.07) is 21.3. The first-order chi connectivity index (χ1) is 17.8. The highest BCUT2D eigenvalue weighted by Gasteiger charge is 2.19. The second-order valence-electron chi connectivity index (χ2n) is 8.22. The van der Waals surface area contributed by atoms with Gasteiger partial charge in [0.2, 0.25) is 15.9 Å². The van der Waals surface area contributed by atoms with Gasteiger partial charge >= 0.3 is 0 Å². The van der Waals surface area contributed by atoms with Gasteiger partial charge in [-0.05, 0) is 55.5 Å². The Morgan fingerprint density at radius 3 is 2.57 bits per heavy atom. The zero-order valence-corrected chi connectivity index (χ0v) is 20.5. The van der Waals surface area contributed by atoms with Crippen LogP contribution in [0.3, 0.4) is 0 Å². The van der Waals surface area contributed by atoms with Gasteiger partial charge in [0.25, 0.3) is 5.56 Å². The molecule has 0 aliphatic rings. The predicted octanol–water partition coefficient (Wildman–Crippen LogP) is 4.22. The lowest BCUT2D eigenvalue weighted by atomic mass is 10.1. The van der Waals surface area contributed by atoms with E-state index in [1.165, 1.54) is 30.7 Å². The molecule has 0 bridgehead atoms. The lowest BCUT2D eigenvalue weighted by Crippen LogP contribution is -2.24. The van der Waals surface area contributed by atoms with Crippen molar-refractivity contribution in [3.05, 3.63) is 112 Å². The Hall–Kier alpha value is -4.54. The minimum Gasteiger partial charge on any atom is -0.494 e. The Bertz CT molecular complexity index is 1790. The highest BCUT2D eigenvalue weighted by atomic mass is 32.2. The number of nitrogens with zero attached hydrogens (tertiary/aromatic N) is 3. The summed E-state index contributed by atoms with van der Waals surface area (Å²) < 4.78 is 34.6. The van der Waals surface area contributed by atoms with Crippen LogP contribution < -0.4 is 10.3 Å². The molecule has 0 saturated carbocycles. The Morgan fingerprint density at radius 1 is 1.03 bits per heavy atom. The van der Waals surface area contributed by atoms with Crippen molar-refractivity contribution in [3.63, 3.8) is 0 Å². The van der Waals surface area contributed by atoms with E-state index in [0.717, 1.165) is 10.3 Å². The number of hydrogen-bond donors (Lipinski definition) is 2. The molecule has 0 saturated heterocycles. The van der Waals surface area contributed by atoms with Crippen LogP contribution in [0.1, 0.15) is 17.0 Å². The third-order valence-corrected chi connectivity index (χ3v) is 7.10. The summed E-state index contributed by atoms with van der Waals surface area (Å²) in [4.78, 5) is 22.1. The molecule has 0 fully saturated rings. The largest absolute Gasteiger partial charge is 0.494 e. The molecule has 0 spiro atoms. The van der Waals surface area contributed by atoms with E-state index in [1.54, 1.807) is 48.5 Å². The molecule has 0 aliphatic carbocycles. The van der Waals surface area contributed by atoms with Crippen LogP contribution in [-0.4, -0.2) is 29.3 Å². The van der Waals surface area contributed by atoms with E-state index in [1.807, 2.05) is 19.1 Å². The number of sulfonamides is 1. The average molecular weight is 515 g/mol. The van der Waals surface area contributed by atoms with Crippen LogP contribution in [0.5, 0.6) is 5.88 Å². The van der Waals surface area contributed by atoms with E-state index in [-0.39, 0.29) is 23.0 Å². The van der Waals surface area contributed by atoms with Gasteiger partial charge in [0.05, 0.1) is 29.0 Å². The molecule has 3 heterocycles. The normalized spacial score (nSPS) is 11.9. The highest BCUT2D eigenvalue weighted by Crippen LogP contribution is 2.27. The Labute approximate surface area is 212 Å². The van der Waals surface area contributed by atoms with Crippen molar-refractivity contribution < 1.29 is 17.9 Å². The topological polar surface area (TPSA) is 127 Å². The van der Waals surface area contributed by atoms with E-state index < -0.39 is 15.6 Å². The van der Waals surface area contributed by atoms with Gasteiger partial charge in [-0.2, -0.15) is 0 Å². The van der Waals surface area contributed by atoms with Crippen LogP contribution in [-0.2, 0) is 16.6 Å². The first kappa shape index (κ1) is 24.2. The maximum absolute atomic E-state index is 13.4. The molecule has 5 rings (SSSR count). The SMILES string of the molecule is Cc1cccc(/N=C/c2c(O)n(-c3cccc(S(=O)(=O)NCc4ccco4)c3)c(=O)c3ccccc23)n1. The predicted molar refractivity (Wildman–Crippen MR) is 140 cm³/mol. The molecule has 0 amide bonds. The van der Waals surface area contributed by atoms with Gasteiger partial charge < -0.3 is 9.52 Å². The number of fused-ring (bicyclic) bond motifs is 1. The average Bonchev–Trinajstić information content (AvgIpc) is 3.42. The number of nitrogens with one attached hydrogen (secondary N) is 1. The molecule has 0 unspecified atom stereocenters. The van der Waals surface area contributed by atoms with Crippen molar-refractivity contribution in [1.82, 2.24) is 14.3 Å². The Kier molecular flexibility index (Phi) is 6.43. The number of pyridine rings is 2. The quantitative estimate of drug-likeness (QED) is 0.313. The van der Waals surface area contributed by atoms with Gasteiger partial charge in [-0.3, -0.25) is 4.79 Å². The molecule has 2 N–H and O–H groups in total. The lowest BCUT2D eigenvalue weighted by molar-refractivity contribution is 0.436. The Balaban J connectivity index is 1.61. The molecule has 0 atom stereocenters. The van der Waals surface area contributed by atoms with E-state index >= 15 is 0 Å². The van der Waals surface area contributed by atoms with E-state index in [2.05, 4.69) is 14.7 Å². The fraction of sp³-hybridized carbons (Fsp3) is 0.0741. The van der Waals surface area contributed by atoms with Crippen molar-refractivity contribution in [2.24, 2.45) is 4.99 Å². The molecule has 5 aromatic rings. The van der Waals surface area contributed by atoms with Crippen LogP contribution in [0.4, 0.5) is 5.82 Å². The minimum atomic E-state index is -3.94. The summed E-state index contributed by atoms with van der Waals surface area (Å²) in [5, 5.41) is 12.1. The molecule has 37 heavy (non-hydrogen) atoms. The van der Waals surface area contributed by atoms with Crippen LogP contribution in [0.2, 0.25) is 0 Å². The van der Waals surface area contributed by atoms with Crippen molar-refractivity contribution in [3.8, 4) is 11.6 Å². The molecule has 9 nitrogen and oxygen atoms in total. The minimum absolute atomic E-state index is 0.0334. The monoisotopic (exact) mass is 514 g/mol. The van der Waals surface area contributed by atoms with Crippen LogP contribution >= 0.6 is 0 Å². The summed E-state index contributed by atoms with van der Waals surface area (Å²) in [5.74, 6) is 0.519. The zero-order valence-electron chi connectivity index (χ0n) is 19.7. The summed E-state index contributed by atoms with van der Waals surface area (Å²) in [7, 11) is -3.94. The van der Waals surface area contributed by atoms with Crippen molar-refractivity contribution in [2.75, 3.05) is 0 Å². The van der Waals surface area contributed by atoms with Crippen LogP contribution in [0, 0.1) is 6.92 Å². The summed E-state index contributed by atoms with van der Waals surface area (Å²) in [5.41, 5.74) is 0.754. The molecule has 0 aliphatic heterocycles. The standard InChI is InChI=1S/C27H22N4O5S/c1-18-7-4-13-25(30-18)28-17-24-22-11-2-3-12-23(22)26(32)31(27(24)33)19-8-5-10-21(15-19)37(34,35)29-16-20-9-6-14-36-20/h2-15,17,29,33H,16H2,1H3/b28-17+. The van der Waals surface area contributed by atoms with Crippen molar-refractivity contribution in [2.45, 2.75) is 18.4 Å². The zero-order chi connectivity index (χ0) is 26.0. The first-order valence-corrected chi connectivity index (χ1v) is 12.8. The molecule has 0 radical (unpaired) electrons. The van der Waals surface area contributed by atoms with Crippen molar-refractivity contribution >= 4 is 32.8 Å². The molecule has 186 valence electrons. The molecule has 3 aromatic heterocycles. The summed E-state index contributed by atoms with van der Waals surface area (Å²) in [6.45, 7) is 1.81. The molecule has 2 aromatic carbocycles. The van der Waals surface area contributed by atoms with Crippen LogP contribution in [0.25, 0.3) is 16.5 Å². The van der Waals surface area contributed by atoms with Gasteiger partial charge in [0, 0.05) is 22.7 Å². The number of furan rings is 1. The molecular formula is C27H22N4O5S. The number of hydrogen-bond acceptors (Lipinski definition) is 7. The highest BCUT2D eigenvalue weighted by molar-refractivity contribution is 7.89. The van der Waals surface area contributed by atoms with E-state index in [0.29, 0.717) is 27.9 Å². The third-order valence-electron chi connectivity index (χ3n) is 5.71. The lowest BCUT2D eigenvalue weighted by Gasteiger charge is -2.15. The number of aromatic nitrogens is 2. The fourth-order valence-electron chi connectivity index (χ4n) is 3.91. The summed E-state index contributed by atoms with van der Waals surface area (Å²) in [6.07, 6.45) is 2.90. The fourth-order valence-corrected chi connectivity index (χ4v) is 4.95. The maximum Gasteiger partial charge on any atom is 0.265 e. The number of aromatic hydroxyl groups is 1. The smallest absolute Gasteiger partial charge is 0.265 e. The van der Waals surface area contributed by atoms with Gasteiger partial charge in [-0.25, -0.2) is 27.7 Å².